The van der Waals surface area contributed by atoms with E-state index in [1.54, 1.807) is 22.9 Å². The van der Waals surface area contributed by atoms with Crippen molar-refractivity contribution in [2.75, 3.05) is 0 Å². The average Bonchev–Trinajstić information content (AvgIpc) is 2.85. The zero-order valence-corrected chi connectivity index (χ0v) is 10.8. The molecule has 1 heterocycles. The predicted molar refractivity (Wildman–Crippen MR) is 72.8 cm³/mol. The molecule has 0 spiro atoms. The fraction of sp³-hybridized carbons (Fsp3) is 0.200. The van der Waals surface area contributed by atoms with Crippen LogP contribution in [0.2, 0.25) is 0 Å². The van der Waals surface area contributed by atoms with Crippen LogP contribution in [0.5, 0.6) is 0 Å². The molecule has 0 aliphatic rings. The van der Waals surface area contributed by atoms with E-state index < -0.39 is 0 Å². The molecule has 1 aromatic heterocycles. The number of nitrogens with one attached hydrogen (secondary N) is 1. The molecule has 0 aliphatic carbocycles. The molecule has 0 unspecified atom stereocenters. The highest BCUT2D eigenvalue weighted by Crippen LogP contribution is 2.03. The summed E-state index contributed by atoms with van der Waals surface area (Å²) in [4.78, 5) is 22.5. The van der Waals surface area contributed by atoms with Crippen molar-refractivity contribution in [3.05, 3.63) is 59.4 Å². The maximum absolute atomic E-state index is 11.8. The van der Waals surface area contributed by atoms with Gasteiger partial charge in [-0.1, -0.05) is 29.8 Å². The first kappa shape index (κ1) is 13.1. The molecule has 0 bridgehead atoms. The number of aryl methyl sites for hydroxylation is 1. The van der Waals surface area contributed by atoms with E-state index in [1.165, 1.54) is 5.56 Å². The van der Waals surface area contributed by atoms with Crippen LogP contribution in [0.1, 0.15) is 21.6 Å². The summed E-state index contributed by atoms with van der Waals surface area (Å²) in [7, 11) is 0. The molecule has 1 aromatic carbocycles. The van der Waals surface area contributed by atoms with Crippen molar-refractivity contribution in [2.45, 2.75) is 20.0 Å². The van der Waals surface area contributed by atoms with Crippen molar-refractivity contribution in [2.24, 2.45) is 0 Å². The second-order valence-electron chi connectivity index (χ2n) is 4.44. The molecule has 4 nitrogen and oxygen atoms in total. The van der Waals surface area contributed by atoms with Crippen LogP contribution in [-0.2, 0) is 17.9 Å². The molecule has 1 amide bonds. The van der Waals surface area contributed by atoms with Crippen molar-refractivity contribution in [3.63, 3.8) is 0 Å². The number of aldehydes is 1. The fourth-order valence-corrected chi connectivity index (χ4v) is 1.80. The number of rotatable bonds is 5. The van der Waals surface area contributed by atoms with Crippen LogP contribution in [0.25, 0.3) is 0 Å². The quantitative estimate of drug-likeness (QED) is 0.831. The van der Waals surface area contributed by atoms with Crippen molar-refractivity contribution in [3.8, 4) is 0 Å². The number of hydrogen-bond acceptors (Lipinski definition) is 2. The number of benzene rings is 1. The lowest BCUT2D eigenvalue weighted by molar-refractivity contribution is -0.121. The van der Waals surface area contributed by atoms with Gasteiger partial charge in [-0.05, 0) is 24.6 Å². The Kier molecular flexibility index (Phi) is 4.13. The lowest BCUT2D eigenvalue weighted by Gasteiger charge is -2.07. The van der Waals surface area contributed by atoms with E-state index in [4.69, 9.17) is 0 Å². The maximum Gasteiger partial charge on any atom is 0.240 e. The molecular formula is C15H16N2O2. The Labute approximate surface area is 112 Å². The monoisotopic (exact) mass is 256 g/mol. The van der Waals surface area contributed by atoms with Crippen LogP contribution in [0, 0.1) is 6.92 Å². The number of carbonyl (C=O) groups excluding carboxylic acids is 2. The Bertz CT molecular complexity index is 570. The third-order valence-corrected chi connectivity index (χ3v) is 2.91. The number of amides is 1. The topological polar surface area (TPSA) is 51.1 Å². The van der Waals surface area contributed by atoms with Gasteiger partial charge in [-0.15, -0.1) is 0 Å². The van der Waals surface area contributed by atoms with Gasteiger partial charge in [0, 0.05) is 12.7 Å². The zero-order chi connectivity index (χ0) is 13.7. The average molecular weight is 256 g/mol. The maximum atomic E-state index is 11.8. The summed E-state index contributed by atoms with van der Waals surface area (Å²) in [6, 6.07) is 11.4. The minimum absolute atomic E-state index is 0.111. The Morgan fingerprint density at radius 2 is 2.00 bits per heavy atom. The molecule has 1 N–H and O–H groups in total. The third kappa shape index (κ3) is 3.55. The van der Waals surface area contributed by atoms with Crippen LogP contribution >= 0.6 is 0 Å². The van der Waals surface area contributed by atoms with Crippen molar-refractivity contribution in [1.29, 1.82) is 0 Å². The lowest BCUT2D eigenvalue weighted by atomic mass is 10.1. The van der Waals surface area contributed by atoms with Crippen molar-refractivity contribution in [1.82, 2.24) is 9.88 Å². The van der Waals surface area contributed by atoms with E-state index in [0.29, 0.717) is 12.2 Å². The number of hydrogen-bond donors (Lipinski definition) is 1. The minimum atomic E-state index is -0.111. The third-order valence-electron chi connectivity index (χ3n) is 2.91. The van der Waals surface area contributed by atoms with E-state index in [2.05, 4.69) is 5.32 Å². The molecule has 0 fully saturated rings. The van der Waals surface area contributed by atoms with Crippen molar-refractivity contribution < 1.29 is 9.59 Å². The normalized spacial score (nSPS) is 10.2. The standard InChI is InChI=1S/C15H16N2O2/c1-12-4-6-13(7-5-12)9-16-15(19)10-17-8-2-3-14(17)11-18/h2-8,11H,9-10H2,1H3,(H,16,19). The van der Waals surface area contributed by atoms with Crippen molar-refractivity contribution >= 4 is 12.2 Å². The molecule has 98 valence electrons. The first-order valence-corrected chi connectivity index (χ1v) is 6.11. The Balaban J connectivity index is 1.88. The summed E-state index contributed by atoms with van der Waals surface area (Å²) < 4.78 is 1.62. The van der Waals surface area contributed by atoms with E-state index in [9.17, 15) is 9.59 Å². The van der Waals surface area contributed by atoms with Gasteiger partial charge in [0.15, 0.2) is 6.29 Å². The molecule has 2 aromatic rings. The summed E-state index contributed by atoms with van der Waals surface area (Å²) in [5.74, 6) is -0.111. The second kappa shape index (κ2) is 6.00. The van der Waals surface area contributed by atoms with E-state index in [0.717, 1.165) is 11.8 Å². The molecule has 4 heteroatoms. The molecule has 2 rings (SSSR count). The van der Waals surface area contributed by atoms with Gasteiger partial charge < -0.3 is 9.88 Å². The SMILES string of the molecule is Cc1ccc(CNC(=O)Cn2cccc2C=O)cc1. The van der Waals surface area contributed by atoms with Crippen LogP contribution in [0.4, 0.5) is 0 Å². The first-order valence-electron chi connectivity index (χ1n) is 6.11. The summed E-state index contributed by atoms with van der Waals surface area (Å²) in [6.07, 6.45) is 2.46. The summed E-state index contributed by atoms with van der Waals surface area (Å²) in [5.41, 5.74) is 2.76. The first-order chi connectivity index (χ1) is 9.19. The van der Waals surface area contributed by atoms with Gasteiger partial charge in [0.2, 0.25) is 5.91 Å². The van der Waals surface area contributed by atoms with E-state index >= 15 is 0 Å². The fourth-order valence-electron chi connectivity index (χ4n) is 1.80. The molecular weight excluding hydrogens is 240 g/mol. The number of nitrogens with zero attached hydrogens (tertiary/aromatic N) is 1. The van der Waals surface area contributed by atoms with Gasteiger partial charge in [-0.25, -0.2) is 0 Å². The Hall–Kier alpha value is -2.36. The highest BCUT2D eigenvalue weighted by Gasteiger charge is 2.05. The minimum Gasteiger partial charge on any atom is -0.350 e. The molecule has 19 heavy (non-hydrogen) atoms. The molecule has 0 saturated carbocycles. The highest BCUT2D eigenvalue weighted by atomic mass is 16.2. The summed E-state index contributed by atoms with van der Waals surface area (Å²) in [5, 5.41) is 2.83. The molecule has 0 atom stereocenters. The Morgan fingerprint density at radius 3 is 2.68 bits per heavy atom. The van der Waals surface area contributed by atoms with Crippen LogP contribution in [0.3, 0.4) is 0 Å². The van der Waals surface area contributed by atoms with Gasteiger partial charge in [0.05, 0.1) is 5.69 Å². The number of aromatic nitrogens is 1. The molecule has 0 saturated heterocycles. The van der Waals surface area contributed by atoms with E-state index in [-0.39, 0.29) is 12.5 Å². The Morgan fingerprint density at radius 1 is 1.26 bits per heavy atom. The second-order valence-corrected chi connectivity index (χ2v) is 4.44. The van der Waals surface area contributed by atoms with Crippen LogP contribution in [-0.4, -0.2) is 16.8 Å². The smallest absolute Gasteiger partial charge is 0.240 e. The van der Waals surface area contributed by atoms with Gasteiger partial charge >= 0.3 is 0 Å². The summed E-state index contributed by atoms with van der Waals surface area (Å²) in [6.45, 7) is 2.68. The van der Waals surface area contributed by atoms with Gasteiger partial charge in [-0.3, -0.25) is 9.59 Å². The van der Waals surface area contributed by atoms with Gasteiger partial charge in [0.25, 0.3) is 0 Å². The van der Waals surface area contributed by atoms with Crippen LogP contribution < -0.4 is 5.32 Å². The molecule has 0 radical (unpaired) electrons. The molecule has 0 aliphatic heterocycles. The van der Waals surface area contributed by atoms with Crippen LogP contribution in [0.15, 0.2) is 42.6 Å². The van der Waals surface area contributed by atoms with Gasteiger partial charge in [0.1, 0.15) is 6.54 Å². The van der Waals surface area contributed by atoms with Gasteiger partial charge in [-0.2, -0.15) is 0 Å². The zero-order valence-electron chi connectivity index (χ0n) is 10.8. The number of carbonyl (C=O) groups is 2. The highest BCUT2D eigenvalue weighted by molar-refractivity contribution is 5.78. The lowest BCUT2D eigenvalue weighted by Crippen LogP contribution is -2.27. The summed E-state index contributed by atoms with van der Waals surface area (Å²) >= 11 is 0. The predicted octanol–water partition coefficient (Wildman–Crippen LogP) is 1.93. The van der Waals surface area contributed by atoms with E-state index in [1.807, 2.05) is 31.2 Å². The largest absolute Gasteiger partial charge is 0.350 e.